The average Bonchev–Trinajstić information content (AvgIpc) is 2.59. The van der Waals surface area contributed by atoms with Crippen LogP contribution in [-0.4, -0.2) is 20.7 Å². The van der Waals surface area contributed by atoms with Crippen molar-refractivity contribution in [2.75, 3.05) is 0 Å². The molecule has 0 saturated heterocycles. The summed E-state index contributed by atoms with van der Waals surface area (Å²) in [6, 6.07) is 9.93. The first-order valence-corrected chi connectivity index (χ1v) is 7.70. The van der Waals surface area contributed by atoms with E-state index in [0.29, 0.717) is 12.1 Å². The number of hydrogen-bond acceptors (Lipinski definition) is 7. The molecule has 0 radical (unpaired) electrons. The van der Waals surface area contributed by atoms with Gasteiger partial charge in [0.15, 0.2) is 0 Å². The first-order valence-electron chi connectivity index (χ1n) is 7.70. The summed E-state index contributed by atoms with van der Waals surface area (Å²) in [6.45, 7) is 3.65. The Morgan fingerprint density at radius 3 is 2.54 bits per heavy atom. The lowest BCUT2D eigenvalue weighted by Gasteiger charge is -2.11. The van der Waals surface area contributed by atoms with Crippen LogP contribution in [0, 0.1) is 20.2 Å². The molecule has 1 atom stereocenters. The highest BCUT2D eigenvalue weighted by molar-refractivity contribution is 5.82. The molecule has 0 fully saturated rings. The Balaban J connectivity index is 2.13. The van der Waals surface area contributed by atoms with Crippen molar-refractivity contribution in [2.24, 2.45) is 5.16 Å². The Hall–Kier alpha value is -3.49. The number of oxime groups is 1. The monoisotopic (exact) mass is 359 g/mol. The van der Waals surface area contributed by atoms with Gasteiger partial charge in [-0.05, 0) is 43.0 Å². The number of phenolic OH excluding ortho intramolecular Hbond substituents is 1. The normalized spacial score (nSPS) is 12.5. The fourth-order valence-corrected chi connectivity index (χ4v) is 2.40. The Morgan fingerprint density at radius 2 is 1.92 bits per heavy atom. The van der Waals surface area contributed by atoms with Gasteiger partial charge in [-0.15, -0.1) is 0 Å². The largest absolute Gasteiger partial charge is 0.508 e. The number of aromatic hydroxyl groups is 1. The van der Waals surface area contributed by atoms with Crippen LogP contribution in [0.15, 0.2) is 47.6 Å². The van der Waals surface area contributed by atoms with Crippen molar-refractivity contribution in [3.05, 3.63) is 68.3 Å². The lowest BCUT2D eigenvalue weighted by molar-refractivity contribution is -0.394. The lowest BCUT2D eigenvalue weighted by Crippen LogP contribution is -2.03. The third kappa shape index (κ3) is 4.76. The molecule has 0 aliphatic carbocycles. The van der Waals surface area contributed by atoms with E-state index in [1.165, 1.54) is 0 Å². The summed E-state index contributed by atoms with van der Waals surface area (Å²) in [5.41, 5.74) is 0.563. The molecule has 2 aromatic rings. The van der Waals surface area contributed by atoms with Gasteiger partial charge in [0.05, 0.1) is 21.6 Å². The highest BCUT2D eigenvalue weighted by Crippen LogP contribution is 2.31. The van der Waals surface area contributed by atoms with Crippen molar-refractivity contribution >= 4 is 17.1 Å². The number of rotatable bonds is 7. The Morgan fingerprint density at radius 1 is 1.19 bits per heavy atom. The first kappa shape index (κ1) is 18.8. The molecule has 1 unspecified atom stereocenters. The van der Waals surface area contributed by atoms with Gasteiger partial charge in [-0.25, -0.2) is 0 Å². The molecular weight excluding hydrogens is 342 g/mol. The highest BCUT2D eigenvalue weighted by Gasteiger charge is 2.21. The van der Waals surface area contributed by atoms with E-state index in [1.54, 1.807) is 25.1 Å². The summed E-state index contributed by atoms with van der Waals surface area (Å²) in [4.78, 5) is 25.4. The summed E-state index contributed by atoms with van der Waals surface area (Å²) in [5.74, 6) is 0.0351. The number of phenols is 1. The van der Waals surface area contributed by atoms with Crippen LogP contribution in [-0.2, 0) is 0 Å². The SMILES string of the molecule is C/C(CC(C)c1cccc(O)c1)=N\Oc1ccc([N+](=O)[O-])cc1[N+](=O)[O-]. The number of nitro groups is 2. The summed E-state index contributed by atoms with van der Waals surface area (Å²) >= 11 is 0. The second-order valence-corrected chi connectivity index (χ2v) is 5.78. The van der Waals surface area contributed by atoms with Gasteiger partial charge in [0, 0.05) is 6.07 Å². The van der Waals surface area contributed by atoms with Gasteiger partial charge < -0.3 is 9.94 Å². The second-order valence-electron chi connectivity index (χ2n) is 5.78. The minimum Gasteiger partial charge on any atom is -0.508 e. The van der Waals surface area contributed by atoms with Gasteiger partial charge in [0.1, 0.15) is 5.75 Å². The van der Waals surface area contributed by atoms with Gasteiger partial charge in [0.2, 0.25) is 5.75 Å². The highest BCUT2D eigenvalue weighted by atomic mass is 16.7. The van der Waals surface area contributed by atoms with Crippen molar-refractivity contribution in [3.63, 3.8) is 0 Å². The van der Waals surface area contributed by atoms with E-state index in [-0.39, 0.29) is 17.4 Å². The maximum Gasteiger partial charge on any atom is 0.321 e. The maximum atomic E-state index is 11.1. The quantitative estimate of drug-likeness (QED) is 0.449. The predicted molar refractivity (Wildman–Crippen MR) is 94.6 cm³/mol. The number of nitro benzene ring substituents is 2. The van der Waals surface area contributed by atoms with E-state index in [1.807, 2.05) is 13.0 Å². The molecule has 0 bridgehead atoms. The van der Waals surface area contributed by atoms with E-state index in [0.717, 1.165) is 23.8 Å². The molecular formula is C17H17N3O6. The van der Waals surface area contributed by atoms with Crippen LogP contribution in [0.25, 0.3) is 0 Å². The topological polar surface area (TPSA) is 128 Å². The summed E-state index contributed by atoms with van der Waals surface area (Å²) < 4.78 is 0. The van der Waals surface area contributed by atoms with Crippen LogP contribution in [0.4, 0.5) is 11.4 Å². The van der Waals surface area contributed by atoms with Crippen molar-refractivity contribution in [1.29, 1.82) is 0 Å². The standard InChI is InChI=1S/C17H17N3O6/c1-11(13-4-3-5-15(21)9-13)8-12(2)18-26-17-7-6-14(19(22)23)10-16(17)20(24)25/h3-7,9-11,21H,8H2,1-2H3/b18-12+. The lowest BCUT2D eigenvalue weighted by atomic mass is 9.96. The molecule has 26 heavy (non-hydrogen) atoms. The van der Waals surface area contributed by atoms with Gasteiger partial charge in [-0.1, -0.05) is 24.2 Å². The number of benzene rings is 2. The summed E-state index contributed by atoms with van der Waals surface area (Å²) in [6.07, 6.45) is 0.504. The Kier molecular flexibility index (Phi) is 5.84. The van der Waals surface area contributed by atoms with Gasteiger partial charge in [-0.2, -0.15) is 0 Å². The van der Waals surface area contributed by atoms with Crippen molar-refractivity contribution < 1.29 is 19.8 Å². The zero-order chi connectivity index (χ0) is 19.3. The van der Waals surface area contributed by atoms with E-state index >= 15 is 0 Å². The van der Waals surface area contributed by atoms with Crippen LogP contribution >= 0.6 is 0 Å². The molecule has 0 spiro atoms. The molecule has 2 aromatic carbocycles. The van der Waals surface area contributed by atoms with Crippen LogP contribution in [0.3, 0.4) is 0 Å². The number of nitrogens with zero attached hydrogens (tertiary/aromatic N) is 3. The molecule has 1 N–H and O–H groups in total. The smallest absolute Gasteiger partial charge is 0.321 e. The van der Waals surface area contributed by atoms with Crippen molar-refractivity contribution in [1.82, 2.24) is 0 Å². The van der Waals surface area contributed by atoms with Gasteiger partial charge in [-0.3, -0.25) is 20.2 Å². The molecule has 0 aromatic heterocycles. The molecule has 0 aliphatic heterocycles. The van der Waals surface area contributed by atoms with E-state index < -0.39 is 21.2 Å². The van der Waals surface area contributed by atoms with E-state index in [9.17, 15) is 25.3 Å². The fourth-order valence-electron chi connectivity index (χ4n) is 2.40. The molecule has 136 valence electrons. The maximum absolute atomic E-state index is 11.1. The van der Waals surface area contributed by atoms with Crippen LogP contribution in [0.5, 0.6) is 11.5 Å². The van der Waals surface area contributed by atoms with E-state index in [4.69, 9.17) is 4.84 Å². The first-order chi connectivity index (χ1) is 12.3. The molecule has 0 amide bonds. The summed E-state index contributed by atoms with van der Waals surface area (Å²) in [5, 5.41) is 35.2. The molecule has 2 rings (SSSR count). The number of hydrogen-bond donors (Lipinski definition) is 1. The van der Waals surface area contributed by atoms with Crippen LogP contribution in [0.2, 0.25) is 0 Å². The summed E-state index contributed by atoms with van der Waals surface area (Å²) in [7, 11) is 0. The van der Waals surface area contributed by atoms with E-state index in [2.05, 4.69) is 5.16 Å². The van der Waals surface area contributed by atoms with Crippen molar-refractivity contribution in [2.45, 2.75) is 26.2 Å². The fraction of sp³-hybridized carbons (Fsp3) is 0.235. The molecule has 0 heterocycles. The van der Waals surface area contributed by atoms with Crippen LogP contribution in [0.1, 0.15) is 31.7 Å². The third-order valence-corrected chi connectivity index (χ3v) is 3.69. The molecule has 9 nitrogen and oxygen atoms in total. The second kappa shape index (κ2) is 8.06. The molecule has 0 aliphatic rings. The zero-order valence-corrected chi connectivity index (χ0v) is 14.2. The average molecular weight is 359 g/mol. The predicted octanol–water partition coefficient (Wildman–Crippen LogP) is 4.16. The van der Waals surface area contributed by atoms with Gasteiger partial charge in [0.25, 0.3) is 5.69 Å². The van der Waals surface area contributed by atoms with Crippen LogP contribution < -0.4 is 4.84 Å². The Labute approximate surface area is 148 Å². The zero-order valence-electron chi connectivity index (χ0n) is 14.2. The minimum atomic E-state index is -0.761. The molecule has 9 heteroatoms. The minimum absolute atomic E-state index is 0.0429. The third-order valence-electron chi connectivity index (χ3n) is 3.69. The van der Waals surface area contributed by atoms with Gasteiger partial charge >= 0.3 is 5.69 Å². The molecule has 0 saturated carbocycles. The Bertz CT molecular complexity index is 865. The number of non-ortho nitro benzene ring substituents is 1. The van der Waals surface area contributed by atoms with Crippen molar-refractivity contribution in [3.8, 4) is 11.5 Å².